The Hall–Kier alpha value is 0.230. The molecular weight excluding hydrogens is 282 g/mol. The van der Waals surface area contributed by atoms with Crippen LogP contribution in [0.15, 0.2) is 0 Å². The molecule has 3 fully saturated rings. The van der Waals surface area contributed by atoms with E-state index in [1.165, 1.54) is 56.5 Å². The molecule has 3 atom stereocenters. The smallest absolute Gasteiger partial charge is 0.0809 e. The van der Waals surface area contributed by atoms with Gasteiger partial charge < -0.3 is 14.8 Å². The highest BCUT2D eigenvalue weighted by Gasteiger charge is 2.46. The monoisotopic (exact) mass is 313 g/mol. The molecule has 3 heterocycles. The van der Waals surface area contributed by atoms with Gasteiger partial charge in [0.05, 0.1) is 11.2 Å². The standard InChI is InChI=1S/C17H31NO2S/c1-16(6-3-4-9-19-16)15(18-2)14-5-10-20-17(13-14)7-11-21-12-8-17/h14-15,18H,3-13H2,1-2H3. The van der Waals surface area contributed by atoms with Crippen LogP contribution in [0.3, 0.4) is 0 Å². The average Bonchev–Trinajstić information content (AvgIpc) is 2.49. The van der Waals surface area contributed by atoms with Gasteiger partial charge in [0.1, 0.15) is 0 Å². The zero-order valence-corrected chi connectivity index (χ0v) is 14.5. The molecule has 0 radical (unpaired) electrons. The fourth-order valence-corrected chi connectivity index (χ4v) is 5.92. The average molecular weight is 314 g/mol. The molecule has 4 heteroatoms. The third kappa shape index (κ3) is 3.44. The first kappa shape index (κ1) is 16.1. The summed E-state index contributed by atoms with van der Waals surface area (Å²) in [5, 5.41) is 3.62. The van der Waals surface area contributed by atoms with Crippen LogP contribution in [0, 0.1) is 5.92 Å². The largest absolute Gasteiger partial charge is 0.375 e. The zero-order chi connectivity index (χ0) is 14.8. The van der Waals surface area contributed by atoms with Crippen LogP contribution < -0.4 is 5.32 Å². The van der Waals surface area contributed by atoms with Crippen LogP contribution in [0.4, 0.5) is 0 Å². The number of ether oxygens (including phenoxy) is 2. The van der Waals surface area contributed by atoms with Crippen molar-refractivity contribution in [1.29, 1.82) is 0 Å². The molecule has 0 aromatic rings. The van der Waals surface area contributed by atoms with E-state index in [9.17, 15) is 0 Å². The molecule has 21 heavy (non-hydrogen) atoms. The van der Waals surface area contributed by atoms with Gasteiger partial charge in [0, 0.05) is 19.3 Å². The maximum Gasteiger partial charge on any atom is 0.0809 e. The molecule has 0 aliphatic carbocycles. The second kappa shape index (κ2) is 6.77. The molecule has 3 unspecified atom stereocenters. The van der Waals surface area contributed by atoms with Crippen molar-refractivity contribution in [3.05, 3.63) is 0 Å². The molecule has 0 bridgehead atoms. The zero-order valence-electron chi connectivity index (χ0n) is 13.7. The minimum absolute atomic E-state index is 0.0135. The van der Waals surface area contributed by atoms with E-state index in [0.29, 0.717) is 12.0 Å². The summed E-state index contributed by atoms with van der Waals surface area (Å²) >= 11 is 2.08. The first-order valence-corrected chi connectivity index (χ1v) is 9.86. The number of rotatable bonds is 3. The summed E-state index contributed by atoms with van der Waals surface area (Å²) in [6.07, 6.45) is 8.60. The van der Waals surface area contributed by atoms with Crippen molar-refractivity contribution in [3.8, 4) is 0 Å². The van der Waals surface area contributed by atoms with Crippen LogP contribution in [0.1, 0.15) is 51.9 Å². The van der Waals surface area contributed by atoms with Gasteiger partial charge in [-0.1, -0.05) is 0 Å². The van der Waals surface area contributed by atoms with Crippen LogP contribution in [0.25, 0.3) is 0 Å². The Morgan fingerprint density at radius 2 is 1.90 bits per heavy atom. The Morgan fingerprint density at radius 3 is 2.57 bits per heavy atom. The minimum Gasteiger partial charge on any atom is -0.375 e. The molecule has 3 nitrogen and oxygen atoms in total. The summed E-state index contributed by atoms with van der Waals surface area (Å²) < 4.78 is 12.5. The maximum absolute atomic E-state index is 6.27. The van der Waals surface area contributed by atoms with Crippen molar-refractivity contribution in [2.45, 2.75) is 69.1 Å². The highest BCUT2D eigenvalue weighted by Crippen LogP contribution is 2.43. The summed E-state index contributed by atoms with van der Waals surface area (Å²) in [4.78, 5) is 0. The molecule has 0 saturated carbocycles. The van der Waals surface area contributed by atoms with Crippen LogP contribution in [0.5, 0.6) is 0 Å². The van der Waals surface area contributed by atoms with E-state index < -0.39 is 0 Å². The lowest BCUT2D eigenvalue weighted by Crippen LogP contribution is -2.58. The van der Waals surface area contributed by atoms with E-state index in [0.717, 1.165) is 13.2 Å². The molecule has 3 rings (SSSR count). The van der Waals surface area contributed by atoms with Gasteiger partial charge in [-0.15, -0.1) is 0 Å². The molecule has 1 spiro atoms. The fourth-order valence-electron chi connectivity index (χ4n) is 4.68. The van der Waals surface area contributed by atoms with Gasteiger partial charge in [-0.05, 0) is 76.3 Å². The summed E-state index contributed by atoms with van der Waals surface area (Å²) in [5.74, 6) is 3.23. The summed E-state index contributed by atoms with van der Waals surface area (Å²) in [6, 6.07) is 0.466. The Balaban J connectivity index is 1.71. The van der Waals surface area contributed by atoms with E-state index >= 15 is 0 Å². The highest BCUT2D eigenvalue weighted by molar-refractivity contribution is 7.99. The van der Waals surface area contributed by atoms with Gasteiger partial charge in [-0.25, -0.2) is 0 Å². The summed E-state index contributed by atoms with van der Waals surface area (Å²) in [5.41, 5.74) is 0.188. The number of nitrogens with one attached hydrogen (secondary N) is 1. The predicted molar refractivity (Wildman–Crippen MR) is 89.0 cm³/mol. The Bertz CT molecular complexity index is 332. The van der Waals surface area contributed by atoms with Gasteiger partial charge in [0.2, 0.25) is 0 Å². The Kier molecular flexibility index (Phi) is 5.19. The predicted octanol–water partition coefficient (Wildman–Crippen LogP) is 3.23. The molecule has 0 aromatic heterocycles. The molecule has 122 valence electrons. The third-order valence-corrected chi connectivity index (χ3v) is 6.86. The van der Waals surface area contributed by atoms with E-state index in [1.807, 2.05) is 0 Å². The van der Waals surface area contributed by atoms with Gasteiger partial charge >= 0.3 is 0 Å². The van der Waals surface area contributed by atoms with Crippen LogP contribution >= 0.6 is 11.8 Å². The van der Waals surface area contributed by atoms with E-state index in [1.54, 1.807) is 0 Å². The van der Waals surface area contributed by atoms with Crippen molar-refractivity contribution in [1.82, 2.24) is 5.32 Å². The summed E-state index contributed by atoms with van der Waals surface area (Å²) in [7, 11) is 2.12. The number of thioether (sulfide) groups is 1. The molecule has 1 N–H and O–H groups in total. The number of likely N-dealkylation sites (N-methyl/N-ethyl adjacent to an activating group) is 1. The first-order valence-electron chi connectivity index (χ1n) is 8.70. The van der Waals surface area contributed by atoms with Crippen LogP contribution in [-0.4, -0.2) is 49.0 Å². The molecular formula is C17H31NO2S. The Morgan fingerprint density at radius 1 is 1.10 bits per heavy atom. The van der Waals surface area contributed by atoms with E-state index in [-0.39, 0.29) is 11.2 Å². The van der Waals surface area contributed by atoms with Crippen molar-refractivity contribution >= 4 is 11.8 Å². The second-order valence-electron chi connectivity index (χ2n) is 7.28. The van der Waals surface area contributed by atoms with E-state index in [2.05, 4.69) is 31.1 Å². The van der Waals surface area contributed by atoms with Crippen LogP contribution in [0.2, 0.25) is 0 Å². The molecule has 3 saturated heterocycles. The lowest BCUT2D eigenvalue weighted by atomic mass is 9.72. The minimum atomic E-state index is 0.0135. The molecule has 0 amide bonds. The lowest BCUT2D eigenvalue weighted by Gasteiger charge is -2.50. The maximum atomic E-state index is 6.27. The highest BCUT2D eigenvalue weighted by atomic mass is 32.2. The van der Waals surface area contributed by atoms with Gasteiger partial charge in [-0.3, -0.25) is 0 Å². The van der Waals surface area contributed by atoms with Gasteiger partial charge in [0.15, 0.2) is 0 Å². The van der Waals surface area contributed by atoms with Gasteiger partial charge in [0.25, 0.3) is 0 Å². The quantitative estimate of drug-likeness (QED) is 0.866. The van der Waals surface area contributed by atoms with Crippen molar-refractivity contribution in [3.63, 3.8) is 0 Å². The first-order chi connectivity index (χ1) is 10.2. The third-order valence-electron chi connectivity index (χ3n) is 5.87. The topological polar surface area (TPSA) is 30.5 Å². The fraction of sp³-hybridized carbons (Fsp3) is 1.00. The number of hydrogen-bond acceptors (Lipinski definition) is 4. The normalized spacial score (nSPS) is 38.3. The van der Waals surface area contributed by atoms with E-state index in [4.69, 9.17) is 9.47 Å². The molecule has 3 aliphatic rings. The number of hydrogen-bond donors (Lipinski definition) is 1. The van der Waals surface area contributed by atoms with Gasteiger partial charge in [-0.2, -0.15) is 11.8 Å². The van der Waals surface area contributed by atoms with Crippen LogP contribution in [-0.2, 0) is 9.47 Å². The van der Waals surface area contributed by atoms with Crippen molar-refractivity contribution in [2.75, 3.05) is 31.8 Å². The van der Waals surface area contributed by atoms with Crippen molar-refractivity contribution < 1.29 is 9.47 Å². The second-order valence-corrected chi connectivity index (χ2v) is 8.51. The SMILES string of the molecule is CNC(C1CCOC2(CCSCC2)C1)C1(C)CCCCO1. The summed E-state index contributed by atoms with van der Waals surface area (Å²) in [6.45, 7) is 4.19. The lowest BCUT2D eigenvalue weighted by molar-refractivity contribution is -0.142. The Labute approximate surface area is 133 Å². The molecule has 0 aromatic carbocycles. The van der Waals surface area contributed by atoms with Crippen molar-refractivity contribution in [2.24, 2.45) is 5.92 Å². The molecule has 3 aliphatic heterocycles.